The second-order valence-electron chi connectivity index (χ2n) is 5.44. The summed E-state index contributed by atoms with van der Waals surface area (Å²) in [6, 6.07) is 0. The van der Waals surface area contributed by atoms with Gasteiger partial charge in [0.2, 0.25) is 17.7 Å². The van der Waals surface area contributed by atoms with Crippen LogP contribution in [-0.4, -0.2) is 61.1 Å². The van der Waals surface area contributed by atoms with E-state index in [1.807, 2.05) is 0 Å². The molecule has 4 N–H and O–H groups in total. The molecule has 1 aliphatic rings. The van der Waals surface area contributed by atoms with E-state index in [2.05, 4.69) is 27.8 Å². The summed E-state index contributed by atoms with van der Waals surface area (Å²) in [7, 11) is 0. The molecular formula is C16H23N3O6. The summed E-state index contributed by atoms with van der Waals surface area (Å²) >= 11 is 0. The highest BCUT2D eigenvalue weighted by molar-refractivity contribution is 5.89. The first kappa shape index (κ1) is 20.4. The number of ether oxygens (including phenoxy) is 1. The fraction of sp³-hybridized carbons (Fsp3) is 0.625. The summed E-state index contributed by atoms with van der Waals surface area (Å²) in [5.74, 6) is 3.16. The first-order chi connectivity index (χ1) is 12.0. The molecule has 1 atom stereocenters. The van der Waals surface area contributed by atoms with Crippen LogP contribution in [0.1, 0.15) is 32.1 Å². The van der Waals surface area contributed by atoms with Crippen molar-refractivity contribution in [3.05, 3.63) is 0 Å². The first-order valence-corrected chi connectivity index (χ1v) is 8.09. The molecule has 0 saturated heterocycles. The van der Waals surface area contributed by atoms with Gasteiger partial charge in [-0.3, -0.25) is 19.2 Å². The molecule has 25 heavy (non-hydrogen) atoms. The van der Waals surface area contributed by atoms with Gasteiger partial charge in [-0.1, -0.05) is 12.3 Å². The van der Waals surface area contributed by atoms with Crippen molar-refractivity contribution in [2.45, 2.75) is 38.2 Å². The van der Waals surface area contributed by atoms with Crippen molar-refractivity contribution < 1.29 is 29.0 Å². The van der Waals surface area contributed by atoms with Gasteiger partial charge in [-0.2, -0.15) is 0 Å². The van der Waals surface area contributed by atoms with Crippen molar-refractivity contribution in [3.8, 4) is 11.8 Å². The van der Waals surface area contributed by atoms with E-state index in [0.717, 1.165) is 32.1 Å². The molecule has 0 heterocycles. The fourth-order valence-electron chi connectivity index (χ4n) is 1.99. The number of carboxylic acids is 1. The molecule has 1 unspecified atom stereocenters. The number of amides is 3. The maximum absolute atomic E-state index is 11.7. The van der Waals surface area contributed by atoms with Crippen LogP contribution in [0.25, 0.3) is 0 Å². The van der Waals surface area contributed by atoms with Crippen LogP contribution in [0.2, 0.25) is 0 Å². The van der Waals surface area contributed by atoms with Crippen molar-refractivity contribution in [1.29, 1.82) is 0 Å². The summed E-state index contributed by atoms with van der Waals surface area (Å²) in [5, 5.41) is 15.1. The number of nitrogens with one attached hydrogen (secondary N) is 3. The largest absolute Gasteiger partial charge is 0.480 e. The van der Waals surface area contributed by atoms with Crippen LogP contribution in [0.15, 0.2) is 0 Å². The van der Waals surface area contributed by atoms with Crippen molar-refractivity contribution in [3.63, 3.8) is 0 Å². The van der Waals surface area contributed by atoms with Gasteiger partial charge in [-0.05, 0) is 19.3 Å². The lowest BCUT2D eigenvalue weighted by atomic mass is 10.1. The van der Waals surface area contributed by atoms with Crippen LogP contribution in [0, 0.1) is 11.8 Å². The Balaban J connectivity index is 2.14. The summed E-state index contributed by atoms with van der Waals surface area (Å²) < 4.78 is 5.43. The minimum Gasteiger partial charge on any atom is -0.480 e. The molecule has 1 rings (SSSR count). The van der Waals surface area contributed by atoms with Gasteiger partial charge in [0.05, 0.1) is 13.1 Å². The number of hydrogen-bond donors (Lipinski definition) is 4. The van der Waals surface area contributed by atoms with Crippen LogP contribution in [-0.2, 0) is 23.9 Å². The van der Waals surface area contributed by atoms with E-state index in [1.54, 1.807) is 0 Å². The molecule has 9 heteroatoms. The Labute approximate surface area is 145 Å². The van der Waals surface area contributed by atoms with Crippen molar-refractivity contribution >= 4 is 23.7 Å². The molecule has 0 spiro atoms. The van der Waals surface area contributed by atoms with E-state index >= 15 is 0 Å². The Morgan fingerprint density at radius 2 is 1.56 bits per heavy atom. The standard InChI is InChI=1S/C16H23N3O6/c20-13(17-8-14(21)19-10-16(23)24)9-18-15(22)11-25-12-6-4-2-1-3-5-7-12/h12H,1-4,6,8-11H2,(H,17,20)(H,18,22)(H,19,21)(H,23,24). The number of rotatable bonds is 9. The van der Waals surface area contributed by atoms with Crippen LogP contribution < -0.4 is 16.0 Å². The average molecular weight is 353 g/mol. The van der Waals surface area contributed by atoms with Crippen LogP contribution in [0.3, 0.4) is 0 Å². The van der Waals surface area contributed by atoms with Gasteiger partial charge in [0, 0.05) is 6.42 Å². The Kier molecular flexibility index (Phi) is 9.70. The third kappa shape index (κ3) is 10.7. The number of carbonyl (C=O) groups excluding carboxylic acids is 3. The van der Waals surface area contributed by atoms with Crippen LogP contribution in [0.5, 0.6) is 0 Å². The van der Waals surface area contributed by atoms with Gasteiger partial charge < -0.3 is 25.8 Å². The van der Waals surface area contributed by atoms with Gasteiger partial charge in [-0.25, -0.2) is 0 Å². The van der Waals surface area contributed by atoms with Gasteiger partial charge in [-0.15, -0.1) is 5.92 Å². The van der Waals surface area contributed by atoms with E-state index in [1.165, 1.54) is 0 Å². The van der Waals surface area contributed by atoms with E-state index in [4.69, 9.17) is 9.84 Å². The molecule has 0 aromatic carbocycles. The molecule has 0 aliphatic heterocycles. The normalized spacial score (nSPS) is 16.4. The van der Waals surface area contributed by atoms with Gasteiger partial charge in [0.25, 0.3) is 0 Å². The molecule has 0 bridgehead atoms. The SMILES string of the molecule is O=C(O)CNC(=O)CNC(=O)CNC(=O)COC1C#CCCCCC1. The summed E-state index contributed by atoms with van der Waals surface area (Å²) in [4.78, 5) is 44.6. The maximum Gasteiger partial charge on any atom is 0.322 e. The number of aliphatic carboxylic acids is 1. The predicted octanol–water partition coefficient (Wildman–Crippen LogP) is -1.23. The molecule has 0 radical (unpaired) electrons. The Morgan fingerprint density at radius 3 is 2.24 bits per heavy atom. The van der Waals surface area contributed by atoms with Gasteiger partial charge in [0.15, 0.2) is 0 Å². The zero-order chi connectivity index (χ0) is 18.5. The molecule has 0 aromatic heterocycles. The summed E-state index contributed by atoms with van der Waals surface area (Å²) in [6.07, 6.45) is 4.55. The lowest BCUT2D eigenvalue weighted by Gasteiger charge is -2.13. The summed E-state index contributed by atoms with van der Waals surface area (Å²) in [5.41, 5.74) is 0. The fourth-order valence-corrected chi connectivity index (χ4v) is 1.99. The average Bonchev–Trinajstić information content (AvgIpc) is 2.55. The zero-order valence-electron chi connectivity index (χ0n) is 13.9. The smallest absolute Gasteiger partial charge is 0.322 e. The van der Waals surface area contributed by atoms with Gasteiger partial charge in [0.1, 0.15) is 19.3 Å². The van der Waals surface area contributed by atoms with Crippen LogP contribution in [0.4, 0.5) is 0 Å². The molecule has 0 fully saturated rings. The lowest BCUT2D eigenvalue weighted by molar-refractivity contribution is -0.137. The number of carbonyl (C=O) groups is 4. The zero-order valence-corrected chi connectivity index (χ0v) is 13.9. The van der Waals surface area contributed by atoms with E-state index in [-0.39, 0.29) is 25.8 Å². The quantitative estimate of drug-likeness (QED) is 0.384. The molecule has 138 valence electrons. The number of hydrogen-bond acceptors (Lipinski definition) is 5. The maximum atomic E-state index is 11.7. The molecule has 0 aromatic rings. The van der Waals surface area contributed by atoms with Crippen molar-refractivity contribution in [2.75, 3.05) is 26.2 Å². The molecule has 9 nitrogen and oxygen atoms in total. The third-order valence-electron chi connectivity index (χ3n) is 3.28. The third-order valence-corrected chi connectivity index (χ3v) is 3.28. The minimum absolute atomic E-state index is 0.189. The molecule has 1 aliphatic carbocycles. The highest BCUT2D eigenvalue weighted by atomic mass is 16.5. The molecular weight excluding hydrogens is 330 g/mol. The summed E-state index contributed by atoms with van der Waals surface area (Å²) in [6.45, 7) is -1.38. The van der Waals surface area contributed by atoms with Gasteiger partial charge >= 0.3 is 5.97 Å². The Bertz CT molecular complexity index is 552. The topological polar surface area (TPSA) is 134 Å². The molecule has 0 saturated carbocycles. The Morgan fingerprint density at radius 1 is 0.920 bits per heavy atom. The van der Waals surface area contributed by atoms with E-state index in [9.17, 15) is 19.2 Å². The lowest BCUT2D eigenvalue weighted by Crippen LogP contribution is -2.43. The predicted molar refractivity (Wildman–Crippen MR) is 87.3 cm³/mol. The van der Waals surface area contributed by atoms with Crippen molar-refractivity contribution in [1.82, 2.24) is 16.0 Å². The molecule has 3 amide bonds. The minimum atomic E-state index is -1.18. The number of carboxylic acid groups (broad SMARTS) is 1. The van der Waals surface area contributed by atoms with E-state index < -0.39 is 30.2 Å². The second-order valence-corrected chi connectivity index (χ2v) is 5.44. The highest BCUT2D eigenvalue weighted by Crippen LogP contribution is 2.10. The highest BCUT2D eigenvalue weighted by Gasteiger charge is 2.12. The first-order valence-electron chi connectivity index (χ1n) is 8.09. The second kappa shape index (κ2) is 11.9. The van der Waals surface area contributed by atoms with Crippen molar-refractivity contribution in [2.24, 2.45) is 0 Å². The van der Waals surface area contributed by atoms with E-state index in [0.29, 0.717) is 0 Å². The Hall–Kier alpha value is -2.60. The monoisotopic (exact) mass is 353 g/mol. The van der Waals surface area contributed by atoms with Crippen LogP contribution >= 0.6 is 0 Å².